The normalized spacial score (nSPS) is 15.1. The highest BCUT2D eigenvalue weighted by atomic mass is 32.2. The Bertz CT molecular complexity index is 1410. The van der Waals surface area contributed by atoms with E-state index in [4.69, 9.17) is 9.97 Å². The standard InChI is InChI=1S/C27H30N4O2S2/c1-20-21(2)34-27-25(20)26(28-24(29-27)14-13-22-9-5-3-6-10-22)30-15-17-31(18-16-30)35(32,33)19-23-11-7-4-8-12-23/h3-12H,13-19H2,1-2H3. The Hall–Kier alpha value is -2.81. The van der Waals surface area contributed by atoms with Crippen molar-refractivity contribution in [1.82, 2.24) is 14.3 Å². The van der Waals surface area contributed by atoms with Crippen molar-refractivity contribution in [3.63, 3.8) is 0 Å². The van der Waals surface area contributed by atoms with Crippen LogP contribution in [0.5, 0.6) is 0 Å². The van der Waals surface area contributed by atoms with Crippen molar-refractivity contribution in [1.29, 1.82) is 0 Å². The number of aryl methyl sites for hydroxylation is 4. The lowest BCUT2D eigenvalue weighted by Crippen LogP contribution is -2.49. The van der Waals surface area contributed by atoms with E-state index in [1.54, 1.807) is 15.6 Å². The molecule has 0 N–H and O–H groups in total. The molecule has 0 spiro atoms. The Morgan fingerprint density at radius 2 is 1.46 bits per heavy atom. The van der Waals surface area contributed by atoms with Gasteiger partial charge in [0.25, 0.3) is 0 Å². The molecule has 6 nitrogen and oxygen atoms in total. The first-order valence-electron chi connectivity index (χ1n) is 12.0. The van der Waals surface area contributed by atoms with Crippen LogP contribution < -0.4 is 4.90 Å². The number of rotatable bonds is 7. The zero-order chi connectivity index (χ0) is 24.4. The summed E-state index contributed by atoms with van der Waals surface area (Å²) in [6.07, 6.45) is 1.66. The fourth-order valence-electron chi connectivity index (χ4n) is 4.57. The average Bonchev–Trinajstić information content (AvgIpc) is 3.16. The molecule has 0 saturated carbocycles. The van der Waals surface area contributed by atoms with Gasteiger partial charge in [-0.2, -0.15) is 4.31 Å². The van der Waals surface area contributed by atoms with E-state index in [2.05, 4.69) is 43.0 Å². The minimum absolute atomic E-state index is 0.0397. The van der Waals surface area contributed by atoms with E-state index in [0.29, 0.717) is 26.2 Å². The third-order valence-electron chi connectivity index (χ3n) is 6.66. The third kappa shape index (κ3) is 5.24. The third-order valence-corrected chi connectivity index (χ3v) is 9.61. The van der Waals surface area contributed by atoms with Gasteiger partial charge in [-0.1, -0.05) is 60.7 Å². The first-order valence-corrected chi connectivity index (χ1v) is 14.4. The van der Waals surface area contributed by atoms with Crippen molar-refractivity contribution >= 4 is 37.4 Å². The number of fused-ring (bicyclic) bond motifs is 1. The summed E-state index contributed by atoms with van der Waals surface area (Å²) >= 11 is 1.71. The van der Waals surface area contributed by atoms with Gasteiger partial charge >= 0.3 is 0 Å². The topological polar surface area (TPSA) is 66.4 Å². The molecule has 0 bridgehead atoms. The van der Waals surface area contributed by atoms with Crippen LogP contribution >= 0.6 is 11.3 Å². The molecular formula is C27H30N4O2S2. The number of aromatic nitrogens is 2. The smallest absolute Gasteiger partial charge is 0.218 e. The fourth-order valence-corrected chi connectivity index (χ4v) is 7.13. The van der Waals surface area contributed by atoms with Crippen LogP contribution in [-0.4, -0.2) is 48.9 Å². The Morgan fingerprint density at radius 3 is 2.11 bits per heavy atom. The predicted octanol–water partition coefficient (Wildman–Crippen LogP) is 4.75. The molecule has 0 aliphatic carbocycles. The van der Waals surface area contributed by atoms with E-state index >= 15 is 0 Å². The molecule has 4 aromatic rings. The van der Waals surface area contributed by atoms with E-state index in [0.717, 1.165) is 40.3 Å². The zero-order valence-electron chi connectivity index (χ0n) is 20.1. The Morgan fingerprint density at radius 1 is 0.829 bits per heavy atom. The lowest BCUT2D eigenvalue weighted by atomic mass is 10.1. The second-order valence-corrected chi connectivity index (χ2v) is 12.2. The van der Waals surface area contributed by atoms with Crippen LogP contribution in [0.15, 0.2) is 60.7 Å². The van der Waals surface area contributed by atoms with Gasteiger partial charge in [-0.3, -0.25) is 0 Å². The minimum atomic E-state index is -3.36. The fraction of sp³-hybridized carbons (Fsp3) is 0.333. The summed E-state index contributed by atoms with van der Waals surface area (Å²) in [5, 5.41) is 1.11. The molecule has 1 fully saturated rings. The van der Waals surface area contributed by atoms with Crippen LogP contribution in [0.4, 0.5) is 5.82 Å². The van der Waals surface area contributed by atoms with E-state index in [1.165, 1.54) is 16.0 Å². The molecule has 1 saturated heterocycles. The number of hydrogen-bond donors (Lipinski definition) is 0. The largest absolute Gasteiger partial charge is 0.353 e. The van der Waals surface area contributed by atoms with Crippen molar-refractivity contribution in [2.45, 2.75) is 32.4 Å². The highest BCUT2D eigenvalue weighted by Crippen LogP contribution is 2.35. The molecule has 35 heavy (non-hydrogen) atoms. The number of thiophene rings is 1. The molecule has 3 heterocycles. The monoisotopic (exact) mass is 506 g/mol. The summed E-state index contributed by atoms with van der Waals surface area (Å²) in [5.41, 5.74) is 3.31. The quantitative estimate of drug-likeness (QED) is 0.362. The molecule has 0 amide bonds. The van der Waals surface area contributed by atoms with E-state index in [9.17, 15) is 8.42 Å². The number of nitrogens with zero attached hydrogens (tertiary/aromatic N) is 4. The summed E-state index contributed by atoms with van der Waals surface area (Å²) in [6, 6.07) is 19.8. The summed E-state index contributed by atoms with van der Waals surface area (Å²) in [6.45, 7) is 6.41. The van der Waals surface area contributed by atoms with Gasteiger partial charge in [-0.05, 0) is 37.0 Å². The van der Waals surface area contributed by atoms with Gasteiger partial charge in [0.1, 0.15) is 16.5 Å². The van der Waals surface area contributed by atoms with Crippen LogP contribution in [-0.2, 0) is 28.6 Å². The van der Waals surface area contributed by atoms with Gasteiger partial charge in [0, 0.05) is 37.5 Å². The maximum absolute atomic E-state index is 13.0. The Balaban J connectivity index is 1.36. The van der Waals surface area contributed by atoms with Gasteiger partial charge in [0.05, 0.1) is 11.1 Å². The molecule has 0 atom stereocenters. The highest BCUT2D eigenvalue weighted by molar-refractivity contribution is 7.88. The lowest BCUT2D eigenvalue weighted by molar-refractivity contribution is 0.383. The van der Waals surface area contributed by atoms with Crippen molar-refractivity contribution in [3.8, 4) is 0 Å². The summed E-state index contributed by atoms with van der Waals surface area (Å²) in [5.74, 6) is 1.83. The van der Waals surface area contributed by atoms with Gasteiger partial charge in [0.2, 0.25) is 10.0 Å². The molecule has 182 valence electrons. The van der Waals surface area contributed by atoms with Crippen LogP contribution in [0.2, 0.25) is 0 Å². The highest BCUT2D eigenvalue weighted by Gasteiger charge is 2.29. The van der Waals surface area contributed by atoms with Crippen molar-refractivity contribution in [3.05, 3.63) is 88.1 Å². The molecule has 1 aliphatic heterocycles. The number of benzene rings is 2. The maximum atomic E-state index is 13.0. The van der Waals surface area contributed by atoms with Crippen LogP contribution in [0.1, 0.15) is 27.4 Å². The SMILES string of the molecule is Cc1sc2nc(CCc3ccccc3)nc(N3CCN(S(=O)(=O)Cc4ccccc4)CC3)c2c1C. The summed E-state index contributed by atoms with van der Waals surface area (Å²) < 4.78 is 27.7. The summed E-state index contributed by atoms with van der Waals surface area (Å²) in [7, 11) is -3.36. The molecule has 0 unspecified atom stereocenters. The van der Waals surface area contributed by atoms with Crippen molar-refractivity contribution in [2.24, 2.45) is 0 Å². The Labute approximate surface area is 211 Å². The van der Waals surface area contributed by atoms with Crippen molar-refractivity contribution in [2.75, 3.05) is 31.1 Å². The second-order valence-electron chi connectivity index (χ2n) is 9.04. The second kappa shape index (κ2) is 10.0. The van der Waals surface area contributed by atoms with E-state index < -0.39 is 10.0 Å². The summed E-state index contributed by atoms with van der Waals surface area (Å²) in [4.78, 5) is 14.4. The molecule has 2 aromatic heterocycles. The molecule has 8 heteroatoms. The lowest BCUT2D eigenvalue weighted by Gasteiger charge is -2.35. The molecular weight excluding hydrogens is 476 g/mol. The van der Waals surface area contributed by atoms with Crippen LogP contribution in [0.3, 0.4) is 0 Å². The van der Waals surface area contributed by atoms with Crippen LogP contribution in [0.25, 0.3) is 10.2 Å². The zero-order valence-corrected chi connectivity index (χ0v) is 21.8. The molecule has 2 aromatic carbocycles. The maximum Gasteiger partial charge on any atom is 0.218 e. The average molecular weight is 507 g/mol. The van der Waals surface area contributed by atoms with Gasteiger partial charge < -0.3 is 4.90 Å². The van der Waals surface area contributed by atoms with E-state index in [1.807, 2.05) is 36.4 Å². The molecule has 1 aliphatic rings. The number of sulfonamides is 1. The number of anilines is 1. The van der Waals surface area contributed by atoms with E-state index in [-0.39, 0.29) is 5.75 Å². The first kappa shape index (κ1) is 23.9. The first-order chi connectivity index (χ1) is 16.9. The van der Waals surface area contributed by atoms with Gasteiger partial charge in [-0.15, -0.1) is 11.3 Å². The molecule has 0 radical (unpaired) electrons. The Kier molecular flexibility index (Phi) is 6.86. The number of piperazine rings is 1. The minimum Gasteiger partial charge on any atom is -0.353 e. The predicted molar refractivity (Wildman–Crippen MR) is 144 cm³/mol. The molecule has 5 rings (SSSR count). The number of hydrogen-bond acceptors (Lipinski definition) is 6. The van der Waals surface area contributed by atoms with Gasteiger partial charge in [0.15, 0.2) is 0 Å². The van der Waals surface area contributed by atoms with Crippen molar-refractivity contribution < 1.29 is 8.42 Å². The van der Waals surface area contributed by atoms with Gasteiger partial charge in [-0.25, -0.2) is 18.4 Å². The van der Waals surface area contributed by atoms with Crippen LogP contribution in [0, 0.1) is 13.8 Å².